The van der Waals surface area contributed by atoms with Gasteiger partial charge in [0.1, 0.15) is 0 Å². The smallest absolute Gasteiger partial charge is 0.257 e. The highest BCUT2D eigenvalue weighted by molar-refractivity contribution is 5.94. The third-order valence-electron chi connectivity index (χ3n) is 4.43. The number of aromatic amines is 1. The first-order valence-corrected chi connectivity index (χ1v) is 7.79. The van der Waals surface area contributed by atoms with E-state index in [9.17, 15) is 18.7 Å². The van der Waals surface area contributed by atoms with Crippen LogP contribution < -0.4 is 0 Å². The Bertz CT molecular complexity index is 775. The van der Waals surface area contributed by atoms with Crippen LogP contribution in [0.3, 0.4) is 0 Å². The van der Waals surface area contributed by atoms with Gasteiger partial charge in [-0.05, 0) is 38.0 Å². The molecule has 1 aliphatic rings. The fourth-order valence-corrected chi connectivity index (χ4v) is 3.05. The number of β-amino-alcohol motifs (C(OH)–C–C–N with tert-alkyl or cyclic N) is 1. The number of hydrogen-bond acceptors (Lipinski definition) is 3. The molecule has 2 heterocycles. The van der Waals surface area contributed by atoms with Crippen LogP contribution >= 0.6 is 0 Å². The lowest BCUT2D eigenvalue weighted by atomic mass is 10.00. The van der Waals surface area contributed by atoms with E-state index >= 15 is 0 Å². The summed E-state index contributed by atoms with van der Waals surface area (Å²) in [5.41, 5.74) is 1.57. The van der Waals surface area contributed by atoms with Crippen molar-refractivity contribution in [2.75, 3.05) is 13.1 Å². The zero-order valence-electron chi connectivity index (χ0n) is 13.5. The predicted octanol–water partition coefficient (Wildman–Crippen LogP) is 1.98. The maximum atomic E-state index is 14.0. The quantitative estimate of drug-likeness (QED) is 0.901. The fourth-order valence-electron chi connectivity index (χ4n) is 3.05. The molecule has 2 atom stereocenters. The van der Waals surface area contributed by atoms with Crippen LogP contribution in [0.1, 0.15) is 27.3 Å². The average molecular weight is 335 g/mol. The van der Waals surface area contributed by atoms with Crippen LogP contribution in [0.15, 0.2) is 18.2 Å². The van der Waals surface area contributed by atoms with Gasteiger partial charge in [-0.25, -0.2) is 8.78 Å². The van der Waals surface area contributed by atoms with E-state index in [4.69, 9.17) is 0 Å². The van der Waals surface area contributed by atoms with Crippen LogP contribution in [0, 0.1) is 31.4 Å². The van der Waals surface area contributed by atoms with Crippen molar-refractivity contribution in [2.24, 2.45) is 5.92 Å². The minimum atomic E-state index is -1.14. The van der Waals surface area contributed by atoms with Crippen molar-refractivity contribution in [1.82, 2.24) is 15.1 Å². The summed E-state index contributed by atoms with van der Waals surface area (Å²) >= 11 is 0. The largest absolute Gasteiger partial charge is 0.391 e. The predicted molar refractivity (Wildman–Crippen MR) is 83.5 cm³/mol. The zero-order valence-corrected chi connectivity index (χ0v) is 13.5. The number of aromatic nitrogens is 2. The van der Waals surface area contributed by atoms with E-state index in [0.717, 1.165) is 11.4 Å². The normalized spacial score (nSPS) is 20.6. The van der Waals surface area contributed by atoms with Gasteiger partial charge in [0.2, 0.25) is 0 Å². The molecular formula is C17H19F2N3O2. The van der Waals surface area contributed by atoms with Gasteiger partial charge in [-0.1, -0.05) is 6.07 Å². The molecule has 2 N–H and O–H groups in total. The van der Waals surface area contributed by atoms with E-state index in [0.29, 0.717) is 6.42 Å². The summed E-state index contributed by atoms with van der Waals surface area (Å²) in [6, 6.07) is 4.54. The first kappa shape index (κ1) is 16.6. The summed E-state index contributed by atoms with van der Waals surface area (Å²) in [6.07, 6.45) is -0.204. The van der Waals surface area contributed by atoms with Crippen LogP contribution in [0.4, 0.5) is 8.78 Å². The lowest BCUT2D eigenvalue weighted by molar-refractivity contribution is 0.0759. The number of aliphatic hydroxyl groups is 1. The second kappa shape index (κ2) is 6.32. The molecule has 1 amide bonds. The number of hydrogen-bond donors (Lipinski definition) is 2. The molecule has 0 aliphatic carbocycles. The first-order valence-electron chi connectivity index (χ1n) is 7.79. The van der Waals surface area contributed by atoms with E-state index < -0.39 is 23.6 Å². The monoisotopic (exact) mass is 335 g/mol. The van der Waals surface area contributed by atoms with Crippen LogP contribution in [0.5, 0.6) is 0 Å². The number of carbonyl (C=O) groups is 1. The van der Waals surface area contributed by atoms with Gasteiger partial charge in [-0.3, -0.25) is 9.89 Å². The SMILES string of the molecule is Cc1cc(C[C@@H]2CN(C(=O)c3ccc(C)c(F)c3F)C[C@H]2O)n[nH]1. The molecule has 5 nitrogen and oxygen atoms in total. The number of benzene rings is 1. The molecule has 7 heteroatoms. The Kier molecular flexibility index (Phi) is 4.36. The molecule has 1 fully saturated rings. The molecule has 1 aromatic carbocycles. The lowest BCUT2D eigenvalue weighted by Crippen LogP contribution is -2.30. The minimum Gasteiger partial charge on any atom is -0.391 e. The maximum absolute atomic E-state index is 14.0. The number of carbonyl (C=O) groups excluding carboxylic acids is 1. The molecule has 128 valence electrons. The molecule has 3 rings (SSSR count). The number of likely N-dealkylation sites (tertiary alicyclic amines) is 1. The number of nitrogens with zero attached hydrogens (tertiary/aromatic N) is 2. The van der Waals surface area contributed by atoms with Gasteiger partial charge in [0.15, 0.2) is 11.6 Å². The fraction of sp³-hybridized carbons (Fsp3) is 0.412. The highest BCUT2D eigenvalue weighted by Gasteiger charge is 2.35. The number of amides is 1. The molecule has 1 aliphatic heterocycles. The summed E-state index contributed by atoms with van der Waals surface area (Å²) in [5.74, 6) is -2.94. The Labute approximate surface area is 138 Å². The van der Waals surface area contributed by atoms with Crippen LogP contribution in [0.25, 0.3) is 0 Å². The Morgan fingerprint density at radius 1 is 1.33 bits per heavy atom. The topological polar surface area (TPSA) is 69.2 Å². The molecule has 0 spiro atoms. The first-order chi connectivity index (χ1) is 11.4. The van der Waals surface area contributed by atoms with Crippen LogP contribution in [-0.2, 0) is 6.42 Å². The number of H-pyrrole nitrogens is 1. The number of aryl methyl sites for hydroxylation is 2. The molecule has 0 radical (unpaired) electrons. The van der Waals surface area contributed by atoms with Crippen molar-refractivity contribution in [3.05, 3.63) is 52.3 Å². The van der Waals surface area contributed by atoms with E-state index in [1.54, 1.807) is 0 Å². The average Bonchev–Trinajstić information content (AvgIpc) is 3.11. The number of halogens is 2. The third-order valence-corrected chi connectivity index (χ3v) is 4.43. The zero-order chi connectivity index (χ0) is 17.4. The van der Waals surface area contributed by atoms with Gasteiger partial charge >= 0.3 is 0 Å². The van der Waals surface area contributed by atoms with E-state index in [1.807, 2.05) is 13.0 Å². The number of nitrogens with one attached hydrogen (secondary N) is 1. The molecule has 0 unspecified atom stereocenters. The van der Waals surface area contributed by atoms with Crippen molar-refractivity contribution in [3.8, 4) is 0 Å². The molecule has 0 bridgehead atoms. The van der Waals surface area contributed by atoms with Crippen LogP contribution in [-0.4, -0.2) is 45.3 Å². The number of rotatable bonds is 3. The lowest BCUT2D eigenvalue weighted by Gasteiger charge is -2.17. The molecular weight excluding hydrogens is 316 g/mol. The summed E-state index contributed by atoms with van der Waals surface area (Å²) in [7, 11) is 0. The molecule has 24 heavy (non-hydrogen) atoms. The molecule has 1 aromatic heterocycles. The Morgan fingerprint density at radius 2 is 2.08 bits per heavy atom. The van der Waals surface area contributed by atoms with E-state index in [-0.39, 0.29) is 30.1 Å². The van der Waals surface area contributed by atoms with Crippen molar-refractivity contribution < 1.29 is 18.7 Å². The highest BCUT2D eigenvalue weighted by atomic mass is 19.2. The summed E-state index contributed by atoms with van der Waals surface area (Å²) in [4.78, 5) is 13.8. The Hall–Kier alpha value is -2.28. The highest BCUT2D eigenvalue weighted by Crippen LogP contribution is 2.24. The van der Waals surface area contributed by atoms with E-state index in [2.05, 4.69) is 10.2 Å². The molecule has 1 saturated heterocycles. The van der Waals surface area contributed by atoms with Gasteiger partial charge < -0.3 is 10.0 Å². The van der Waals surface area contributed by atoms with Gasteiger partial charge in [0, 0.05) is 24.7 Å². The molecule has 2 aromatic rings. The second-order valence-corrected chi connectivity index (χ2v) is 6.34. The Balaban J connectivity index is 1.74. The van der Waals surface area contributed by atoms with Gasteiger partial charge in [-0.2, -0.15) is 5.10 Å². The van der Waals surface area contributed by atoms with Gasteiger partial charge in [0.25, 0.3) is 5.91 Å². The van der Waals surface area contributed by atoms with Gasteiger partial charge in [0.05, 0.1) is 17.4 Å². The third kappa shape index (κ3) is 3.03. The van der Waals surface area contributed by atoms with E-state index in [1.165, 1.54) is 24.0 Å². The minimum absolute atomic E-state index is 0.0990. The van der Waals surface area contributed by atoms with Crippen molar-refractivity contribution in [3.63, 3.8) is 0 Å². The standard InChI is InChI=1S/C17H19F2N3O2/c1-9-3-4-13(16(19)15(9)18)17(24)22-7-11(14(23)8-22)6-12-5-10(2)20-21-12/h3-5,11,14,23H,6-8H2,1-2H3,(H,20,21)/t11-,14-/m1/s1. The van der Waals surface area contributed by atoms with Gasteiger partial charge in [-0.15, -0.1) is 0 Å². The Morgan fingerprint density at radius 3 is 2.75 bits per heavy atom. The summed E-state index contributed by atoms with van der Waals surface area (Å²) < 4.78 is 27.7. The maximum Gasteiger partial charge on any atom is 0.257 e. The van der Waals surface area contributed by atoms with Crippen molar-refractivity contribution in [1.29, 1.82) is 0 Å². The van der Waals surface area contributed by atoms with Crippen molar-refractivity contribution >= 4 is 5.91 Å². The summed E-state index contributed by atoms with van der Waals surface area (Å²) in [6.45, 7) is 3.70. The second-order valence-electron chi connectivity index (χ2n) is 6.34. The number of aliphatic hydroxyl groups excluding tert-OH is 1. The van der Waals surface area contributed by atoms with Crippen molar-refractivity contribution in [2.45, 2.75) is 26.4 Å². The molecule has 0 saturated carbocycles. The summed E-state index contributed by atoms with van der Waals surface area (Å²) in [5, 5.41) is 17.2. The van der Waals surface area contributed by atoms with Crippen LogP contribution in [0.2, 0.25) is 0 Å².